The highest BCUT2D eigenvalue weighted by molar-refractivity contribution is 5.95. The van der Waals surface area contributed by atoms with Gasteiger partial charge < -0.3 is 5.11 Å². The number of aryl methyl sites for hydroxylation is 1. The first kappa shape index (κ1) is 13.8. The zero-order chi connectivity index (χ0) is 15.2. The normalized spacial score (nSPS) is 11.2. The molecule has 2 aromatic heterocycles. The molecule has 0 amide bonds. The minimum atomic E-state index is -3.18. The van der Waals surface area contributed by atoms with Crippen LogP contribution in [0, 0.1) is 0 Å². The van der Waals surface area contributed by atoms with Gasteiger partial charge in [-0.2, -0.15) is 0 Å². The fourth-order valence-electron chi connectivity index (χ4n) is 1.95. The van der Waals surface area contributed by atoms with E-state index in [9.17, 15) is 23.2 Å². The molecule has 0 aliphatic rings. The summed E-state index contributed by atoms with van der Waals surface area (Å²) in [5.74, 6) is -1.62. The van der Waals surface area contributed by atoms with Crippen molar-refractivity contribution in [3.05, 3.63) is 38.2 Å². The second-order valence-corrected chi connectivity index (χ2v) is 4.10. The van der Waals surface area contributed by atoms with Crippen molar-refractivity contribution in [2.75, 3.05) is 0 Å². The van der Waals surface area contributed by atoms with E-state index in [0.717, 1.165) is 11.6 Å². The topological polar surface area (TPSA) is 94.2 Å². The molecular formula is C11H9F2N3O4. The number of halogens is 2. The maximum Gasteiger partial charge on any atom is 0.337 e. The highest BCUT2D eigenvalue weighted by Gasteiger charge is 2.25. The second-order valence-electron chi connectivity index (χ2n) is 4.10. The molecular weight excluding hydrogens is 276 g/mol. The zero-order valence-corrected chi connectivity index (χ0v) is 10.4. The number of alkyl halides is 2. The summed E-state index contributed by atoms with van der Waals surface area (Å²) in [6, 6.07) is 0. The fourth-order valence-corrected chi connectivity index (χ4v) is 1.95. The molecule has 7 nitrogen and oxygen atoms in total. The van der Waals surface area contributed by atoms with Crippen LogP contribution in [-0.4, -0.2) is 25.2 Å². The first-order chi connectivity index (χ1) is 9.27. The first-order valence-electron chi connectivity index (χ1n) is 5.37. The van der Waals surface area contributed by atoms with Crippen molar-refractivity contribution in [1.82, 2.24) is 14.1 Å². The van der Waals surface area contributed by atoms with Gasteiger partial charge in [0.1, 0.15) is 5.65 Å². The monoisotopic (exact) mass is 285 g/mol. The summed E-state index contributed by atoms with van der Waals surface area (Å²) in [5.41, 5.74) is -3.72. The molecule has 0 unspecified atom stereocenters. The second kappa shape index (κ2) is 4.51. The van der Waals surface area contributed by atoms with Crippen LogP contribution in [0.3, 0.4) is 0 Å². The number of carbonyl (C=O) groups is 1. The van der Waals surface area contributed by atoms with Crippen LogP contribution in [0.15, 0.2) is 15.8 Å². The first-order valence-corrected chi connectivity index (χ1v) is 5.37. The third-order valence-electron chi connectivity index (χ3n) is 2.96. The number of nitrogens with zero attached hydrogens (tertiary/aromatic N) is 3. The van der Waals surface area contributed by atoms with E-state index in [-0.39, 0.29) is 5.65 Å². The Morgan fingerprint density at radius 2 is 1.90 bits per heavy atom. The largest absolute Gasteiger partial charge is 0.478 e. The van der Waals surface area contributed by atoms with Crippen molar-refractivity contribution < 1.29 is 18.7 Å². The predicted octanol–water partition coefficient (Wildman–Crippen LogP) is 0.268. The molecule has 2 aromatic rings. The van der Waals surface area contributed by atoms with Crippen LogP contribution in [0.4, 0.5) is 8.78 Å². The Labute approximate surface area is 109 Å². The van der Waals surface area contributed by atoms with Gasteiger partial charge in [0, 0.05) is 20.3 Å². The van der Waals surface area contributed by atoms with Crippen LogP contribution in [-0.2, 0) is 14.1 Å². The fraction of sp³-hybridized carbons (Fsp3) is 0.273. The van der Waals surface area contributed by atoms with Crippen molar-refractivity contribution in [1.29, 1.82) is 0 Å². The highest BCUT2D eigenvalue weighted by atomic mass is 19.3. The molecule has 1 N–H and O–H groups in total. The summed E-state index contributed by atoms with van der Waals surface area (Å²) in [6.45, 7) is 0. The molecule has 0 bridgehead atoms. The van der Waals surface area contributed by atoms with E-state index in [1.165, 1.54) is 7.05 Å². The lowest BCUT2D eigenvalue weighted by Gasteiger charge is -2.11. The molecule has 0 atom stereocenters. The Morgan fingerprint density at radius 3 is 2.40 bits per heavy atom. The molecule has 0 spiro atoms. The summed E-state index contributed by atoms with van der Waals surface area (Å²) < 4.78 is 27.8. The Bertz CT molecular complexity index is 838. The molecule has 0 aromatic carbocycles. The van der Waals surface area contributed by atoms with Gasteiger partial charge >= 0.3 is 11.7 Å². The molecule has 0 radical (unpaired) electrons. The molecule has 0 saturated heterocycles. The van der Waals surface area contributed by atoms with Crippen LogP contribution in [0.25, 0.3) is 11.0 Å². The Balaban J connectivity index is 3.18. The Morgan fingerprint density at radius 1 is 1.30 bits per heavy atom. The number of fused-ring (bicyclic) bond motifs is 1. The number of hydrogen-bond acceptors (Lipinski definition) is 4. The number of rotatable bonds is 2. The quantitative estimate of drug-likeness (QED) is 0.854. The molecule has 0 fully saturated rings. The van der Waals surface area contributed by atoms with Gasteiger partial charge in [-0.15, -0.1) is 0 Å². The number of hydrogen-bond donors (Lipinski definition) is 1. The Kier molecular flexibility index (Phi) is 3.12. The van der Waals surface area contributed by atoms with Crippen molar-refractivity contribution in [2.45, 2.75) is 6.43 Å². The van der Waals surface area contributed by atoms with Crippen molar-refractivity contribution >= 4 is 17.0 Å². The lowest BCUT2D eigenvalue weighted by molar-refractivity contribution is 0.0685. The number of aromatic nitrogens is 3. The van der Waals surface area contributed by atoms with Crippen LogP contribution in [0.1, 0.15) is 22.3 Å². The summed E-state index contributed by atoms with van der Waals surface area (Å²) in [5, 5.41) is 8.34. The van der Waals surface area contributed by atoms with Gasteiger partial charge in [-0.1, -0.05) is 0 Å². The average molecular weight is 285 g/mol. The maximum atomic E-state index is 13.1. The van der Waals surface area contributed by atoms with E-state index in [0.29, 0.717) is 10.8 Å². The van der Waals surface area contributed by atoms with Gasteiger partial charge in [-0.25, -0.2) is 23.4 Å². The van der Waals surface area contributed by atoms with Crippen molar-refractivity contribution in [3.63, 3.8) is 0 Å². The smallest absolute Gasteiger partial charge is 0.337 e. The number of pyridine rings is 1. The molecule has 2 rings (SSSR count). The van der Waals surface area contributed by atoms with Gasteiger partial charge in [0.25, 0.3) is 12.0 Å². The number of aromatic carboxylic acids is 1. The molecule has 0 aliphatic heterocycles. The van der Waals surface area contributed by atoms with E-state index in [2.05, 4.69) is 4.98 Å². The van der Waals surface area contributed by atoms with Gasteiger partial charge in [0.2, 0.25) is 0 Å². The van der Waals surface area contributed by atoms with Crippen LogP contribution < -0.4 is 11.2 Å². The molecule has 0 aliphatic carbocycles. The zero-order valence-electron chi connectivity index (χ0n) is 10.4. The standard InChI is InChI=1S/C11H9F2N3O4/c1-15-8-6(9(17)16(2)11(15)20)5(7(12)13)4(3-14-8)10(18)19/h3,7H,1-2H3,(H,18,19). The summed E-state index contributed by atoms with van der Waals surface area (Å²) in [4.78, 5) is 38.3. The van der Waals surface area contributed by atoms with E-state index in [1.807, 2.05) is 0 Å². The third kappa shape index (κ3) is 1.78. The highest BCUT2D eigenvalue weighted by Crippen LogP contribution is 2.27. The van der Waals surface area contributed by atoms with E-state index >= 15 is 0 Å². The molecule has 20 heavy (non-hydrogen) atoms. The average Bonchev–Trinajstić information content (AvgIpc) is 2.40. The Hall–Kier alpha value is -2.58. The van der Waals surface area contributed by atoms with E-state index in [1.54, 1.807) is 0 Å². The SMILES string of the molecule is Cn1c(=O)c2c(C(F)F)c(C(=O)O)cnc2n(C)c1=O. The van der Waals surface area contributed by atoms with Gasteiger partial charge in [0.15, 0.2) is 0 Å². The van der Waals surface area contributed by atoms with Gasteiger partial charge in [0.05, 0.1) is 16.5 Å². The van der Waals surface area contributed by atoms with E-state index in [4.69, 9.17) is 5.11 Å². The minimum Gasteiger partial charge on any atom is -0.478 e. The minimum absolute atomic E-state index is 0.279. The van der Waals surface area contributed by atoms with Gasteiger partial charge in [-0.3, -0.25) is 13.9 Å². The van der Waals surface area contributed by atoms with Crippen LogP contribution >= 0.6 is 0 Å². The number of carboxylic acids is 1. The van der Waals surface area contributed by atoms with Gasteiger partial charge in [-0.05, 0) is 0 Å². The summed E-state index contributed by atoms with van der Waals surface area (Å²) in [6.07, 6.45) is -2.47. The number of carboxylic acid groups (broad SMARTS) is 1. The van der Waals surface area contributed by atoms with E-state index < -0.39 is 40.2 Å². The van der Waals surface area contributed by atoms with Crippen molar-refractivity contribution in [3.8, 4) is 0 Å². The van der Waals surface area contributed by atoms with Crippen LogP contribution in [0.5, 0.6) is 0 Å². The van der Waals surface area contributed by atoms with Crippen LogP contribution in [0.2, 0.25) is 0 Å². The maximum absolute atomic E-state index is 13.1. The lowest BCUT2D eigenvalue weighted by atomic mass is 10.1. The molecule has 106 valence electrons. The molecule has 0 saturated carbocycles. The van der Waals surface area contributed by atoms with Crippen molar-refractivity contribution in [2.24, 2.45) is 14.1 Å². The third-order valence-corrected chi connectivity index (χ3v) is 2.96. The lowest BCUT2D eigenvalue weighted by Crippen LogP contribution is -2.38. The summed E-state index contributed by atoms with van der Waals surface area (Å²) in [7, 11) is 2.37. The predicted molar refractivity (Wildman–Crippen MR) is 64.1 cm³/mol. The molecule has 2 heterocycles. The molecule has 9 heteroatoms. The summed E-state index contributed by atoms with van der Waals surface area (Å²) >= 11 is 0.